The zero-order chi connectivity index (χ0) is 14.2. The summed E-state index contributed by atoms with van der Waals surface area (Å²) in [4.78, 5) is 25.4. The number of ketones is 2. The second-order valence-electron chi connectivity index (χ2n) is 6.35. The predicted molar refractivity (Wildman–Crippen MR) is 74.5 cm³/mol. The number of phenols is 1. The zero-order valence-corrected chi connectivity index (χ0v) is 11.6. The summed E-state index contributed by atoms with van der Waals surface area (Å²) in [6, 6.07) is 3.43. The van der Waals surface area contributed by atoms with Crippen LogP contribution in [0.3, 0.4) is 0 Å². The first kappa shape index (κ1) is 11.9. The number of hydrogen-bond acceptors (Lipinski definition) is 3. The van der Waals surface area contributed by atoms with E-state index in [0.717, 1.165) is 29.6 Å². The molecule has 2 bridgehead atoms. The van der Waals surface area contributed by atoms with Crippen molar-refractivity contribution in [2.75, 3.05) is 0 Å². The molecule has 4 rings (SSSR count). The summed E-state index contributed by atoms with van der Waals surface area (Å²) in [6.07, 6.45) is 2.24. The minimum absolute atomic E-state index is 0.0194. The van der Waals surface area contributed by atoms with Gasteiger partial charge in [-0.25, -0.2) is 0 Å². The average Bonchev–Trinajstić information content (AvgIpc) is 2.93. The summed E-state index contributed by atoms with van der Waals surface area (Å²) in [6.45, 7) is 3.64. The van der Waals surface area contributed by atoms with Crippen molar-refractivity contribution in [1.82, 2.24) is 0 Å². The number of Topliss-reactive ketones (excluding diaryl/α,β-unsaturated/α-hetero) is 2. The first-order valence-corrected chi connectivity index (χ1v) is 7.10. The highest BCUT2D eigenvalue weighted by molar-refractivity contribution is 6.24. The van der Waals surface area contributed by atoms with Gasteiger partial charge >= 0.3 is 0 Å². The third-order valence-electron chi connectivity index (χ3n) is 5.48. The van der Waals surface area contributed by atoms with E-state index in [0.29, 0.717) is 17.5 Å². The third-order valence-corrected chi connectivity index (χ3v) is 5.48. The van der Waals surface area contributed by atoms with Crippen molar-refractivity contribution < 1.29 is 14.7 Å². The molecule has 1 aromatic carbocycles. The molecule has 1 N–H and O–H groups in total. The van der Waals surface area contributed by atoms with Crippen molar-refractivity contribution in [2.45, 2.75) is 33.1 Å². The summed E-state index contributed by atoms with van der Waals surface area (Å²) >= 11 is 0. The molecule has 0 aromatic heterocycles. The molecule has 3 heteroatoms. The molecule has 0 heterocycles. The minimum Gasteiger partial charge on any atom is -0.508 e. The highest BCUT2D eigenvalue weighted by Crippen LogP contribution is 2.62. The predicted octanol–water partition coefficient (Wildman–Crippen LogP) is 3.04. The lowest BCUT2D eigenvalue weighted by Gasteiger charge is -2.29. The van der Waals surface area contributed by atoms with E-state index in [4.69, 9.17) is 0 Å². The van der Waals surface area contributed by atoms with Crippen molar-refractivity contribution in [2.24, 2.45) is 11.3 Å². The molecule has 0 amide bonds. The Morgan fingerprint density at radius 3 is 2.75 bits per heavy atom. The van der Waals surface area contributed by atoms with Crippen LogP contribution in [0.1, 0.15) is 47.7 Å². The highest BCUT2D eigenvalue weighted by Gasteiger charge is 2.58. The highest BCUT2D eigenvalue weighted by atomic mass is 16.3. The molecule has 1 fully saturated rings. The van der Waals surface area contributed by atoms with E-state index in [9.17, 15) is 14.7 Å². The first-order valence-electron chi connectivity index (χ1n) is 7.10. The van der Waals surface area contributed by atoms with Crippen molar-refractivity contribution in [1.29, 1.82) is 0 Å². The van der Waals surface area contributed by atoms with Gasteiger partial charge in [-0.3, -0.25) is 9.59 Å². The second kappa shape index (κ2) is 3.40. The number of carbonyl (C=O) groups excluding carboxylic acids is 2. The van der Waals surface area contributed by atoms with Gasteiger partial charge in [-0.2, -0.15) is 0 Å². The molecule has 3 aliphatic carbocycles. The largest absolute Gasteiger partial charge is 0.508 e. The topological polar surface area (TPSA) is 54.4 Å². The minimum atomic E-state index is -0.483. The first-order chi connectivity index (χ1) is 9.47. The molecule has 1 aromatic rings. The molecular weight excluding hydrogens is 252 g/mol. The SMILES string of the molecule is CC1=C2c3ccc(O)c(C)c3C(=O)C23CCC(C3)C1=O. The molecule has 3 aliphatic rings. The molecule has 0 radical (unpaired) electrons. The number of hydrogen-bond donors (Lipinski definition) is 1. The van der Waals surface area contributed by atoms with Crippen LogP contribution in [0.5, 0.6) is 5.75 Å². The monoisotopic (exact) mass is 268 g/mol. The maximum Gasteiger partial charge on any atom is 0.174 e. The van der Waals surface area contributed by atoms with Crippen LogP contribution in [0.15, 0.2) is 17.7 Å². The lowest BCUT2D eigenvalue weighted by atomic mass is 9.71. The van der Waals surface area contributed by atoms with Crippen molar-refractivity contribution in [3.05, 3.63) is 34.4 Å². The molecule has 1 saturated carbocycles. The quantitative estimate of drug-likeness (QED) is 0.786. The standard InChI is InChI=1S/C17H16O3/c1-8-12(18)4-3-11-13(8)16(20)17-6-5-10(7-17)15(19)9(2)14(11)17/h3-4,10,18H,5-7H2,1-2H3. The van der Waals surface area contributed by atoms with E-state index >= 15 is 0 Å². The molecule has 0 aliphatic heterocycles. The summed E-state index contributed by atoms with van der Waals surface area (Å²) < 4.78 is 0. The smallest absolute Gasteiger partial charge is 0.174 e. The number of aromatic hydroxyl groups is 1. The molecule has 2 unspecified atom stereocenters. The maximum absolute atomic E-state index is 13.0. The molecule has 3 nitrogen and oxygen atoms in total. The van der Waals surface area contributed by atoms with Crippen LogP contribution < -0.4 is 0 Å². The van der Waals surface area contributed by atoms with Crippen molar-refractivity contribution in [3.63, 3.8) is 0 Å². The fraction of sp³-hybridized carbons (Fsp3) is 0.412. The fourth-order valence-electron chi connectivity index (χ4n) is 4.50. The summed E-state index contributed by atoms with van der Waals surface area (Å²) in [7, 11) is 0. The van der Waals surface area contributed by atoms with Crippen LogP contribution in [-0.2, 0) is 4.79 Å². The van der Waals surface area contributed by atoms with E-state index in [2.05, 4.69) is 0 Å². The van der Waals surface area contributed by atoms with Gasteiger partial charge in [0.1, 0.15) is 5.75 Å². The second-order valence-corrected chi connectivity index (χ2v) is 6.35. The fourth-order valence-corrected chi connectivity index (χ4v) is 4.50. The van der Waals surface area contributed by atoms with Gasteiger partial charge < -0.3 is 5.11 Å². The molecule has 102 valence electrons. The Labute approximate surface area is 117 Å². The van der Waals surface area contributed by atoms with Gasteiger partial charge in [0.15, 0.2) is 11.6 Å². The molecule has 20 heavy (non-hydrogen) atoms. The Morgan fingerprint density at radius 2 is 2.00 bits per heavy atom. The zero-order valence-electron chi connectivity index (χ0n) is 11.6. The molecule has 0 saturated heterocycles. The van der Waals surface area contributed by atoms with Gasteiger partial charge in [0.25, 0.3) is 0 Å². The van der Waals surface area contributed by atoms with E-state index < -0.39 is 5.41 Å². The van der Waals surface area contributed by atoms with E-state index in [1.807, 2.05) is 6.92 Å². The molecule has 1 spiro atoms. The summed E-state index contributed by atoms with van der Waals surface area (Å²) in [5.41, 5.74) is 3.37. The van der Waals surface area contributed by atoms with Crippen molar-refractivity contribution in [3.8, 4) is 5.75 Å². The lowest BCUT2D eigenvalue weighted by Crippen LogP contribution is -2.30. The van der Waals surface area contributed by atoms with Crippen LogP contribution in [0.25, 0.3) is 5.57 Å². The van der Waals surface area contributed by atoms with Gasteiger partial charge in [0.2, 0.25) is 0 Å². The molecule has 2 atom stereocenters. The average molecular weight is 268 g/mol. The number of carbonyl (C=O) groups is 2. The summed E-state index contributed by atoms with van der Waals surface area (Å²) in [5.74, 6) is 0.502. The number of benzene rings is 1. The number of rotatable bonds is 0. The lowest BCUT2D eigenvalue weighted by molar-refractivity contribution is -0.119. The third kappa shape index (κ3) is 1.09. The Morgan fingerprint density at radius 1 is 1.25 bits per heavy atom. The number of allylic oxidation sites excluding steroid dienone is 2. The van der Waals surface area contributed by atoms with Crippen LogP contribution in [0, 0.1) is 18.3 Å². The Bertz CT molecular complexity index is 726. The van der Waals surface area contributed by atoms with E-state index in [-0.39, 0.29) is 23.2 Å². The van der Waals surface area contributed by atoms with E-state index in [1.165, 1.54) is 0 Å². The maximum atomic E-state index is 13.0. The van der Waals surface area contributed by atoms with Crippen molar-refractivity contribution >= 4 is 17.1 Å². The van der Waals surface area contributed by atoms with Gasteiger partial charge in [0, 0.05) is 17.0 Å². The van der Waals surface area contributed by atoms with Gasteiger partial charge in [0.05, 0.1) is 5.41 Å². The van der Waals surface area contributed by atoms with Crippen LogP contribution >= 0.6 is 0 Å². The van der Waals surface area contributed by atoms with Crippen LogP contribution in [0.2, 0.25) is 0 Å². The normalized spacial score (nSPS) is 30.8. The van der Waals surface area contributed by atoms with Gasteiger partial charge in [-0.15, -0.1) is 0 Å². The Kier molecular flexibility index (Phi) is 2.02. The Balaban J connectivity index is 2.11. The van der Waals surface area contributed by atoms with Crippen LogP contribution in [0.4, 0.5) is 0 Å². The number of phenolic OH excluding ortho intramolecular Hbond substituents is 1. The van der Waals surface area contributed by atoms with Gasteiger partial charge in [-0.05, 0) is 55.9 Å². The van der Waals surface area contributed by atoms with E-state index in [1.54, 1.807) is 19.1 Å². The van der Waals surface area contributed by atoms with Gasteiger partial charge in [-0.1, -0.05) is 6.07 Å². The number of fused-ring (bicyclic) bond motifs is 3. The molecular formula is C17H16O3. The van der Waals surface area contributed by atoms with Crippen LogP contribution in [-0.4, -0.2) is 16.7 Å². The summed E-state index contributed by atoms with van der Waals surface area (Å²) in [5, 5.41) is 9.88. The Hall–Kier alpha value is -1.90.